The molecule has 3 heteroatoms. The van der Waals surface area contributed by atoms with Gasteiger partial charge in [-0.1, -0.05) is 45.7 Å². The van der Waals surface area contributed by atoms with Crippen LogP contribution in [0.15, 0.2) is 0 Å². The van der Waals surface area contributed by atoms with Crippen LogP contribution in [0.5, 0.6) is 0 Å². The zero-order valence-corrected chi connectivity index (χ0v) is 10.3. The van der Waals surface area contributed by atoms with Gasteiger partial charge in [-0.05, 0) is 11.8 Å². The molecule has 0 spiro atoms. The molecule has 0 aromatic rings. The normalized spacial score (nSPS) is 16.4. The minimum atomic E-state index is 0.623. The highest BCUT2D eigenvalue weighted by Gasteiger charge is 2.02. The van der Waals surface area contributed by atoms with Gasteiger partial charge in [0.25, 0.3) is 0 Å². The van der Waals surface area contributed by atoms with E-state index < -0.39 is 0 Å². The summed E-state index contributed by atoms with van der Waals surface area (Å²) in [6, 6.07) is 0. The average molecular weight is 288 g/mol. The van der Waals surface area contributed by atoms with Gasteiger partial charge in [0.2, 0.25) is 0 Å². The summed E-state index contributed by atoms with van der Waals surface area (Å²) in [7, 11) is 0. The quantitative estimate of drug-likeness (QED) is 0.682. The van der Waals surface area contributed by atoms with Crippen LogP contribution in [0, 0.1) is 11.8 Å². The summed E-state index contributed by atoms with van der Waals surface area (Å²) in [6.07, 6.45) is 0. The molecule has 0 amide bonds. The Labute approximate surface area is 86.1 Å². The average Bonchev–Trinajstić information content (AvgIpc) is 2.04. The summed E-state index contributed by atoms with van der Waals surface area (Å²) >= 11 is 6.82. The molecule has 2 unspecified atom stereocenters. The summed E-state index contributed by atoms with van der Waals surface area (Å²) in [5.41, 5.74) is 0. The van der Waals surface area contributed by atoms with E-state index in [1.165, 1.54) is 0 Å². The molecule has 0 fully saturated rings. The fourth-order valence-electron chi connectivity index (χ4n) is 0.559. The van der Waals surface area contributed by atoms with Crippen LogP contribution >= 0.6 is 31.9 Å². The van der Waals surface area contributed by atoms with Crippen LogP contribution in [0.3, 0.4) is 0 Å². The highest BCUT2D eigenvalue weighted by molar-refractivity contribution is 9.09. The summed E-state index contributed by atoms with van der Waals surface area (Å²) in [4.78, 5) is 0. The van der Waals surface area contributed by atoms with Crippen LogP contribution in [-0.4, -0.2) is 23.9 Å². The maximum Gasteiger partial charge on any atom is 0.0499 e. The van der Waals surface area contributed by atoms with Crippen molar-refractivity contribution in [3.8, 4) is 0 Å². The Bertz CT molecular complexity index is 78.2. The lowest BCUT2D eigenvalue weighted by molar-refractivity contribution is 0.0913. The van der Waals surface area contributed by atoms with Gasteiger partial charge < -0.3 is 4.74 Å². The minimum Gasteiger partial charge on any atom is -0.381 e. The molecule has 0 radical (unpaired) electrons. The van der Waals surface area contributed by atoms with Crippen LogP contribution < -0.4 is 0 Å². The van der Waals surface area contributed by atoms with Crippen LogP contribution in [0.2, 0.25) is 0 Å². The molecule has 0 aliphatic carbocycles. The van der Waals surface area contributed by atoms with E-state index in [9.17, 15) is 0 Å². The molecule has 0 aromatic heterocycles. The number of halogens is 2. The van der Waals surface area contributed by atoms with Crippen molar-refractivity contribution in [1.29, 1.82) is 0 Å². The molecule has 0 aliphatic rings. The maximum absolute atomic E-state index is 5.48. The van der Waals surface area contributed by atoms with Gasteiger partial charge in [0.05, 0.1) is 0 Å². The fourth-order valence-corrected chi connectivity index (χ4v) is 0.933. The Hall–Kier alpha value is 0.920. The Balaban J connectivity index is 3.13. The van der Waals surface area contributed by atoms with Crippen molar-refractivity contribution in [3.05, 3.63) is 0 Å². The van der Waals surface area contributed by atoms with Gasteiger partial charge in [0, 0.05) is 23.9 Å². The van der Waals surface area contributed by atoms with Gasteiger partial charge in [0.15, 0.2) is 0 Å². The molecule has 2 atom stereocenters. The van der Waals surface area contributed by atoms with Crippen molar-refractivity contribution >= 4 is 31.9 Å². The predicted molar refractivity (Wildman–Crippen MR) is 56.7 cm³/mol. The van der Waals surface area contributed by atoms with E-state index in [2.05, 4.69) is 45.7 Å². The number of hydrogen-bond donors (Lipinski definition) is 0. The van der Waals surface area contributed by atoms with Crippen LogP contribution in [0.25, 0.3) is 0 Å². The Morgan fingerprint density at radius 2 is 1.36 bits per heavy atom. The first kappa shape index (κ1) is 11.9. The smallest absolute Gasteiger partial charge is 0.0499 e. The van der Waals surface area contributed by atoms with Crippen molar-refractivity contribution < 1.29 is 4.74 Å². The standard InChI is InChI=1S/C8H16Br2O/c1-7(3-9)5-11-6-8(2)4-10/h7-8H,3-6H2,1-2H3. The van der Waals surface area contributed by atoms with Crippen molar-refractivity contribution in [3.63, 3.8) is 0 Å². The highest BCUT2D eigenvalue weighted by Crippen LogP contribution is 2.04. The lowest BCUT2D eigenvalue weighted by Gasteiger charge is -2.11. The third-order valence-electron chi connectivity index (χ3n) is 1.33. The van der Waals surface area contributed by atoms with Gasteiger partial charge in [-0.2, -0.15) is 0 Å². The largest absolute Gasteiger partial charge is 0.381 e. The topological polar surface area (TPSA) is 9.23 Å². The predicted octanol–water partition coefficient (Wildman–Crippen LogP) is 3.07. The van der Waals surface area contributed by atoms with Gasteiger partial charge in [0.1, 0.15) is 0 Å². The lowest BCUT2D eigenvalue weighted by atomic mass is 10.2. The Morgan fingerprint density at radius 1 is 1.00 bits per heavy atom. The van der Waals surface area contributed by atoms with E-state index in [0.717, 1.165) is 23.9 Å². The molecule has 0 bridgehead atoms. The van der Waals surface area contributed by atoms with Gasteiger partial charge in [-0.25, -0.2) is 0 Å². The Morgan fingerprint density at radius 3 is 1.64 bits per heavy atom. The zero-order chi connectivity index (χ0) is 8.69. The fraction of sp³-hybridized carbons (Fsp3) is 1.00. The zero-order valence-electron chi connectivity index (χ0n) is 7.15. The van der Waals surface area contributed by atoms with Crippen LogP contribution in [0.1, 0.15) is 13.8 Å². The van der Waals surface area contributed by atoms with Gasteiger partial charge in [-0.3, -0.25) is 0 Å². The van der Waals surface area contributed by atoms with E-state index in [1.807, 2.05) is 0 Å². The minimum absolute atomic E-state index is 0.623. The Kier molecular flexibility index (Phi) is 8.20. The molecule has 1 nitrogen and oxygen atoms in total. The first-order valence-electron chi connectivity index (χ1n) is 3.90. The number of alkyl halides is 2. The van der Waals surface area contributed by atoms with E-state index in [1.54, 1.807) is 0 Å². The van der Waals surface area contributed by atoms with Gasteiger partial charge >= 0.3 is 0 Å². The van der Waals surface area contributed by atoms with E-state index in [0.29, 0.717) is 11.8 Å². The first-order valence-corrected chi connectivity index (χ1v) is 6.14. The van der Waals surface area contributed by atoms with Crippen molar-refractivity contribution in [2.24, 2.45) is 11.8 Å². The van der Waals surface area contributed by atoms with E-state index in [4.69, 9.17) is 4.74 Å². The molecule has 0 rings (SSSR count). The van der Waals surface area contributed by atoms with Crippen LogP contribution in [0.4, 0.5) is 0 Å². The lowest BCUT2D eigenvalue weighted by Crippen LogP contribution is -2.12. The van der Waals surface area contributed by atoms with Crippen molar-refractivity contribution in [2.45, 2.75) is 13.8 Å². The summed E-state index contributed by atoms with van der Waals surface area (Å²) in [6.45, 7) is 6.08. The molecular formula is C8H16Br2O. The van der Waals surface area contributed by atoms with Crippen LogP contribution in [-0.2, 0) is 4.74 Å². The molecule has 0 aromatic carbocycles. The maximum atomic E-state index is 5.48. The van der Waals surface area contributed by atoms with E-state index >= 15 is 0 Å². The third-order valence-corrected chi connectivity index (χ3v) is 3.54. The molecule has 11 heavy (non-hydrogen) atoms. The molecule has 0 aliphatic heterocycles. The van der Waals surface area contributed by atoms with Crippen molar-refractivity contribution in [2.75, 3.05) is 23.9 Å². The number of hydrogen-bond acceptors (Lipinski definition) is 1. The second-order valence-corrected chi connectivity index (χ2v) is 4.35. The number of ether oxygens (including phenoxy) is 1. The van der Waals surface area contributed by atoms with Gasteiger partial charge in [-0.15, -0.1) is 0 Å². The second-order valence-electron chi connectivity index (χ2n) is 3.06. The molecule has 0 saturated carbocycles. The first-order chi connectivity index (χ1) is 5.20. The molecule has 0 heterocycles. The monoisotopic (exact) mass is 286 g/mol. The van der Waals surface area contributed by atoms with Crippen molar-refractivity contribution in [1.82, 2.24) is 0 Å². The molecular weight excluding hydrogens is 272 g/mol. The highest BCUT2D eigenvalue weighted by atomic mass is 79.9. The van der Waals surface area contributed by atoms with E-state index in [-0.39, 0.29) is 0 Å². The third kappa shape index (κ3) is 7.29. The molecule has 0 N–H and O–H groups in total. The molecule has 68 valence electrons. The SMILES string of the molecule is CC(CBr)COCC(C)CBr. The summed E-state index contributed by atoms with van der Waals surface area (Å²) < 4.78 is 5.48. The molecule has 0 saturated heterocycles. The number of rotatable bonds is 6. The second kappa shape index (κ2) is 7.56. The summed E-state index contributed by atoms with van der Waals surface area (Å²) in [5, 5.41) is 2.05. The summed E-state index contributed by atoms with van der Waals surface area (Å²) in [5.74, 6) is 1.25.